The molecule has 5 N–H and O–H groups in total. The molecule has 1 aliphatic carbocycles. The number of carbonyl (C=O) groups excluding carboxylic acids is 3. The number of unbranched alkanes of at least 4 members (excludes halogenated alkanes) is 2. The summed E-state index contributed by atoms with van der Waals surface area (Å²) in [6.45, 7) is 2.62. The quantitative estimate of drug-likeness (QED) is 0.0308. The molecule has 0 spiro atoms. The van der Waals surface area contributed by atoms with Gasteiger partial charge in [-0.1, -0.05) is 48.0 Å². The van der Waals surface area contributed by atoms with E-state index in [1.165, 1.54) is 0 Å². The van der Waals surface area contributed by atoms with Gasteiger partial charge in [0.05, 0.1) is 57.0 Å². The van der Waals surface area contributed by atoms with Crippen LogP contribution in [0.3, 0.4) is 0 Å². The number of halogens is 3. The van der Waals surface area contributed by atoms with Crippen molar-refractivity contribution in [1.29, 1.82) is 0 Å². The van der Waals surface area contributed by atoms with E-state index in [9.17, 15) is 18.4 Å². The van der Waals surface area contributed by atoms with E-state index in [2.05, 4.69) is 15.0 Å². The number of carbonyl (C=O) groups is 3. The zero-order chi connectivity index (χ0) is 48.7. The summed E-state index contributed by atoms with van der Waals surface area (Å²) < 4.78 is 50.4. The van der Waals surface area contributed by atoms with E-state index in [0.717, 1.165) is 58.6 Å². The van der Waals surface area contributed by atoms with E-state index in [1.54, 1.807) is 12.0 Å². The van der Waals surface area contributed by atoms with Crippen molar-refractivity contribution < 1.29 is 72.6 Å². The second-order valence-corrected chi connectivity index (χ2v) is 17.4. The van der Waals surface area contributed by atoms with Gasteiger partial charge in [-0.3, -0.25) is 40.2 Å². The summed E-state index contributed by atoms with van der Waals surface area (Å²) in [6.07, 6.45) is 4.03. The van der Waals surface area contributed by atoms with Gasteiger partial charge in [0.1, 0.15) is 16.6 Å². The average molecular weight is 976 g/mol. The first-order chi connectivity index (χ1) is 32.7. The van der Waals surface area contributed by atoms with Crippen molar-refractivity contribution in [2.24, 2.45) is 5.92 Å². The molecule has 2 aliphatic heterocycles. The molecule has 2 fully saturated rings. The predicted octanol–water partition coefficient (Wildman–Crippen LogP) is 8.19. The Bertz CT molecular complexity index is 2200. The van der Waals surface area contributed by atoms with E-state index in [1.807, 2.05) is 54.3 Å². The molecular formula is C47H60ClF2N5O13. The van der Waals surface area contributed by atoms with Gasteiger partial charge in [0.25, 0.3) is 5.91 Å². The van der Waals surface area contributed by atoms with Gasteiger partial charge < -0.3 is 29.2 Å². The molecule has 68 heavy (non-hydrogen) atoms. The molecule has 3 aliphatic rings. The van der Waals surface area contributed by atoms with Gasteiger partial charge in [-0.05, 0) is 129 Å². The smallest absolute Gasteiger partial charge is 0.410 e. The van der Waals surface area contributed by atoms with Crippen LogP contribution in [-0.4, -0.2) is 124 Å². The lowest BCUT2D eigenvalue weighted by Gasteiger charge is -2.50. The Morgan fingerprint density at radius 2 is 1.46 bits per heavy atom. The highest BCUT2D eigenvalue weighted by molar-refractivity contribution is 6.32. The van der Waals surface area contributed by atoms with Crippen LogP contribution in [0.4, 0.5) is 18.4 Å². The average Bonchev–Trinajstić information content (AvgIpc) is 4.16. The van der Waals surface area contributed by atoms with Gasteiger partial charge in [-0.2, -0.15) is 0 Å². The first kappa shape index (κ1) is 52.2. The van der Waals surface area contributed by atoms with Crippen LogP contribution in [0.2, 0.25) is 5.02 Å². The summed E-state index contributed by atoms with van der Waals surface area (Å²) in [7, 11) is 1.60. The molecule has 2 bridgehead atoms. The Balaban J connectivity index is 1.26. The number of methoxy groups -OCH3 is 1. The molecular weight excluding hydrogens is 916 g/mol. The van der Waals surface area contributed by atoms with E-state index >= 15 is 4.79 Å². The molecule has 3 amide bonds. The number of hydrogen-bond donors (Lipinski definition) is 5. The maximum absolute atomic E-state index is 15.5. The molecule has 3 unspecified atom stereocenters. The standard InChI is InChI=1S/C47H60ClF2N5O13/c1-30-24-32(11-18-41(30)63-2)29-52(35-14-15-35)45(56)42-37(34-12-9-31(10-13-34)8-7-21-64-44-39(50)17-16-38(49)43(44)48)27-36-25-33(28-51-46(57)65-19-3-5-22-67-54(59)60)26-40(42)53(36)47(58)66-20-4-6-23-68-55(61)62/h9-13,16-18,24,33,35-36,40,59-62H,3-8,14-15,19-23,25-29H2,1-2H3,(H,51,57). The predicted molar refractivity (Wildman–Crippen MR) is 238 cm³/mol. The Morgan fingerprint density at radius 1 is 0.809 bits per heavy atom. The lowest BCUT2D eigenvalue weighted by atomic mass is 9.73. The number of alkyl carbamates (subject to hydrolysis) is 1. The summed E-state index contributed by atoms with van der Waals surface area (Å²) in [5, 5.41) is 36.8. The molecule has 3 aromatic rings. The van der Waals surface area contributed by atoms with E-state index in [4.69, 9.17) is 51.4 Å². The monoisotopic (exact) mass is 975 g/mol. The highest BCUT2D eigenvalue weighted by Gasteiger charge is 2.49. The van der Waals surface area contributed by atoms with Gasteiger partial charge in [-0.25, -0.2) is 18.4 Å². The van der Waals surface area contributed by atoms with Crippen LogP contribution in [0.25, 0.3) is 5.57 Å². The number of nitrogens with one attached hydrogen (secondary N) is 1. The minimum atomic E-state index is -0.778. The highest BCUT2D eigenvalue weighted by atomic mass is 35.5. The summed E-state index contributed by atoms with van der Waals surface area (Å²) in [5.41, 5.74) is 4.85. The summed E-state index contributed by atoms with van der Waals surface area (Å²) in [4.78, 5) is 55.2. The highest BCUT2D eigenvalue weighted by Crippen LogP contribution is 2.46. The molecule has 3 atom stereocenters. The number of hydrogen-bond acceptors (Lipinski definition) is 15. The van der Waals surface area contributed by atoms with Gasteiger partial charge in [0.15, 0.2) is 11.6 Å². The maximum Gasteiger partial charge on any atom is 0.410 e. The lowest BCUT2D eigenvalue weighted by molar-refractivity contribution is -0.492. The third-order valence-corrected chi connectivity index (χ3v) is 12.5. The van der Waals surface area contributed by atoms with Gasteiger partial charge in [0.2, 0.25) is 0 Å². The van der Waals surface area contributed by atoms with Crippen LogP contribution < -0.4 is 14.8 Å². The van der Waals surface area contributed by atoms with Crippen LogP contribution in [0.1, 0.15) is 86.5 Å². The summed E-state index contributed by atoms with van der Waals surface area (Å²) in [5.74, 6) is -1.52. The molecule has 21 heteroatoms. The number of rotatable bonds is 25. The Kier molecular flexibility index (Phi) is 19.5. The van der Waals surface area contributed by atoms with Crippen LogP contribution in [0.15, 0.2) is 60.2 Å². The lowest BCUT2D eigenvalue weighted by Crippen LogP contribution is -2.58. The number of piperidine rings is 1. The van der Waals surface area contributed by atoms with Crippen LogP contribution in [-0.2, 0) is 36.9 Å². The third kappa shape index (κ3) is 14.7. The molecule has 1 saturated carbocycles. The number of nitrogens with zero attached hydrogens (tertiary/aromatic N) is 4. The summed E-state index contributed by atoms with van der Waals surface area (Å²) >= 11 is 5.94. The molecule has 3 aromatic carbocycles. The third-order valence-electron chi connectivity index (χ3n) is 12.1. The fraction of sp³-hybridized carbons (Fsp3) is 0.511. The second kappa shape index (κ2) is 25.4. The molecule has 18 nitrogen and oxygen atoms in total. The van der Waals surface area contributed by atoms with Gasteiger partial charge >= 0.3 is 12.2 Å². The van der Waals surface area contributed by atoms with Crippen molar-refractivity contribution >= 4 is 35.3 Å². The van der Waals surface area contributed by atoms with Crippen molar-refractivity contribution in [3.63, 3.8) is 0 Å². The van der Waals surface area contributed by atoms with Crippen molar-refractivity contribution in [3.05, 3.63) is 99.1 Å². The SMILES string of the molecule is COc1ccc(CN(C(=O)C2=C(c3ccc(CCCOc4c(F)ccc(F)c4Cl)cc3)CC3CC(CNC(=O)OCCCCON(O)O)CC2N3C(=O)OCCCCON(O)O)C2CC2)cc1C. The van der Waals surface area contributed by atoms with Gasteiger partial charge in [0, 0.05) is 30.7 Å². The zero-order valence-corrected chi connectivity index (χ0v) is 38.9. The second-order valence-electron chi connectivity index (χ2n) is 17.0. The van der Waals surface area contributed by atoms with Crippen molar-refractivity contribution in [2.75, 3.05) is 46.7 Å². The fourth-order valence-corrected chi connectivity index (χ4v) is 8.94. The van der Waals surface area contributed by atoms with Gasteiger partial charge in [-0.15, -0.1) is 0 Å². The van der Waals surface area contributed by atoms with E-state index < -0.39 is 40.9 Å². The normalized spacial score (nSPS) is 17.9. The van der Waals surface area contributed by atoms with Crippen molar-refractivity contribution in [3.8, 4) is 11.5 Å². The fourth-order valence-electron chi connectivity index (χ4n) is 8.74. The number of fused-ring (bicyclic) bond motifs is 2. The number of amides is 3. The zero-order valence-electron chi connectivity index (χ0n) is 38.1. The number of benzene rings is 3. The number of aryl methyl sites for hydroxylation is 2. The topological polar surface area (TPSA) is 212 Å². The Morgan fingerprint density at radius 3 is 2.10 bits per heavy atom. The largest absolute Gasteiger partial charge is 0.496 e. The molecule has 0 aromatic heterocycles. The minimum Gasteiger partial charge on any atom is -0.496 e. The first-order valence-corrected chi connectivity index (χ1v) is 23.1. The first-order valence-electron chi connectivity index (χ1n) is 22.7. The van der Waals surface area contributed by atoms with Crippen molar-refractivity contribution in [2.45, 2.75) is 102 Å². The van der Waals surface area contributed by atoms with Crippen LogP contribution >= 0.6 is 11.6 Å². The Labute approximate surface area is 398 Å². The van der Waals surface area contributed by atoms with Crippen LogP contribution in [0.5, 0.6) is 11.5 Å². The van der Waals surface area contributed by atoms with Crippen LogP contribution in [0, 0.1) is 24.5 Å². The molecule has 372 valence electrons. The molecule has 6 rings (SSSR count). The molecule has 0 radical (unpaired) electrons. The van der Waals surface area contributed by atoms with E-state index in [-0.39, 0.29) is 74.0 Å². The molecule has 1 saturated heterocycles. The maximum atomic E-state index is 15.5. The minimum absolute atomic E-state index is 0.00894. The van der Waals surface area contributed by atoms with Crippen molar-refractivity contribution in [1.82, 2.24) is 25.9 Å². The molecule has 2 heterocycles. The van der Waals surface area contributed by atoms with E-state index in [0.29, 0.717) is 69.9 Å². The number of ether oxygens (including phenoxy) is 4. The summed E-state index contributed by atoms with van der Waals surface area (Å²) in [6, 6.07) is 14.3. The Hall–Kier alpha value is -5.16.